The summed E-state index contributed by atoms with van der Waals surface area (Å²) < 4.78 is 0. The highest BCUT2D eigenvalue weighted by Gasteiger charge is 2.15. The molecule has 2 heterocycles. The van der Waals surface area contributed by atoms with E-state index in [4.69, 9.17) is 5.73 Å². The van der Waals surface area contributed by atoms with E-state index >= 15 is 0 Å². The number of aromatic nitrogens is 3. The molecule has 1 amide bonds. The van der Waals surface area contributed by atoms with Gasteiger partial charge in [0.15, 0.2) is 0 Å². The molecule has 4 N–H and O–H groups in total. The quantitative estimate of drug-likeness (QED) is 0.663. The lowest BCUT2D eigenvalue weighted by Crippen LogP contribution is -2.35. The summed E-state index contributed by atoms with van der Waals surface area (Å²) in [7, 11) is 0. The molecular weight excluding hydrogens is 244 g/mol. The number of piperidine rings is 1. The Hall–Kier alpha value is -1.63. The van der Waals surface area contributed by atoms with Gasteiger partial charge in [0, 0.05) is 6.54 Å². The van der Waals surface area contributed by atoms with Crippen LogP contribution in [0, 0.1) is 5.92 Å². The number of amides is 1. The van der Waals surface area contributed by atoms with Gasteiger partial charge in [-0.2, -0.15) is 4.98 Å². The first-order valence-electron chi connectivity index (χ1n) is 6.83. The third kappa shape index (κ3) is 4.20. The van der Waals surface area contributed by atoms with Crippen molar-refractivity contribution < 1.29 is 4.79 Å². The predicted molar refractivity (Wildman–Crippen MR) is 72.6 cm³/mol. The molecule has 19 heavy (non-hydrogen) atoms. The Morgan fingerprint density at radius 2 is 2.26 bits per heavy atom. The molecule has 0 aliphatic carbocycles. The van der Waals surface area contributed by atoms with Gasteiger partial charge in [-0.05, 0) is 44.8 Å². The highest BCUT2D eigenvalue weighted by atomic mass is 16.2. The molecule has 0 bridgehead atoms. The van der Waals surface area contributed by atoms with Crippen molar-refractivity contribution in [2.45, 2.75) is 26.2 Å². The second-order valence-corrected chi connectivity index (χ2v) is 5.18. The largest absolute Gasteiger partial charge is 0.366 e. The van der Waals surface area contributed by atoms with E-state index in [1.165, 1.54) is 25.9 Å². The van der Waals surface area contributed by atoms with Crippen LogP contribution in [0.4, 0.5) is 5.95 Å². The van der Waals surface area contributed by atoms with Crippen LogP contribution in [-0.2, 0) is 0 Å². The lowest BCUT2D eigenvalue weighted by Gasteiger charge is -2.30. The van der Waals surface area contributed by atoms with Crippen molar-refractivity contribution in [3.63, 3.8) is 0 Å². The first-order chi connectivity index (χ1) is 9.15. The van der Waals surface area contributed by atoms with Crippen LogP contribution >= 0.6 is 0 Å². The SMILES string of the molecule is CC1CCN(CCCNC(=O)c2nc(N)n[nH]2)CC1. The molecule has 1 aromatic rings. The van der Waals surface area contributed by atoms with Crippen molar-refractivity contribution >= 4 is 11.9 Å². The Morgan fingerprint density at radius 1 is 1.53 bits per heavy atom. The zero-order chi connectivity index (χ0) is 13.7. The maximum Gasteiger partial charge on any atom is 0.288 e. The standard InChI is InChI=1S/C12H22N6O/c1-9-3-7-18(8-4-9)6-2-5-14-11(19)10-15-12(13)17-16-10/h9H,2-8H2,1H3,(H,14,19)(H3,13,15,16,17). The number of nitrogens with zero attached hydrogens (tertiary/aromatic N) is 3. The van der Waals surface area contributed by atoms with Gasteiger partial charge in [-0.25, -0.2) is 0 Å². The molecule has 0 radical (unpaired) electrons. The number of rotatable bonds is 5. The van der Waals surface area contributed by atoms with E-state index in [-0.39, 0.29) is 17.7 Å². The highest BCUT2D eigenvalue weighted by Crippen LogP contribution is 2.15. The molecule has 0 atom stereocenters. The van der Waals surface area contributed by atoms with Gasteiger partial charge in [-0.3, -0.25) is 9.89 Å². The monoisotopic (exact) mass is 266 g/mol. The van der Waals surface area contributed by atoms with Crippen LogP contribution in [0.1, 0.15) is 36.8 Å². The predicted octanol–water partition coefficient (Wildman–Crippen LogP) is 0.239. The third-order valence-corrected chi connectivity index (χ3v) is 3.53. The number of nitrogens with two attached hydrogens (primary N) is 1. The van der Waals surface area contributed by atoms with Crippen LogP contribution in [0.25, 0.3) is 0 Å². The maximum absolute atomic E-state index is 11.6. The minimum Gasteiger partial charge on any atom is -0.366 e. The Morgan fingerprint density at radius 3 is 2.89 bits per heavy atom. The number of nitrogens with one attached hydrogen (secondary N) is 2. The number of carbonyl (C=O) groups is 1. The lowest BCUT2D eigenvalue weighted by atomic mass is 9.99. The molecule has 7 heteroatoms. The topological polar surface area (TPSA) is 99.9 Å². The van der Waals surface area contributed by atoms with E-state index in [1.807, 2.05) is 0 Å². The number of likely N-dealkylation sites (tertiary alicyclic amines) is 1. The minimum absolute atomic E-state index is 0.0904. The summed E-state index contributed by atoms with van der Waals surface area (Å²) in [6, 6.07) is 0. The summed E-state index contributed by atoms with van der Waals surface area (Å²) in [5, 5.41) is 8.92. The van der Waals surface area contributed by atoms with Gasteiger partial charge in [-0.1, -0.05) is 6.92 Å². The Labute approximate surface area is 113 Å². The summed E-state index contributed by atoms with van der Waals surface area (Å²) in [6.45, 7) is 6.33. The van der Waals surface area contributed by atoms with Gasteiger partial charge in [0.1, 0.15) is 0 Å². The van der Waals surface area contributed by atoms with Gasteiger partial charge in [0.05, 0.1) is 0 Å². The summed E-state index contributed by atoms with van der Waals surface area (Å²) in [5.41, 5.74) is 5.34. The Kier molecular flexibility index (Phi) is 4.73. The van der Waals surface area contributed by atoms with Crippen molar-refractivity contribution in [3.05, 3.63) is 5.82 Å². The maximum atomic E-state index is 11.6. The molecule has 1 aromatic heterocycles. The van der Waals surface area contributed by atoms with Crippen molar-refractivity contribution in [2.24, 2.45) is 5.92 Å². The molecule has 106 valence electrons. The first kappa shape index (κ1) is 13.8. The van der Waals surface area contributed by atoms with Crippen LogP contribution in [0.2, 0.25) is 0 Å². The van der Waals surface area contributed by atoms with Crippen LogP contribution in [0.5, 0.6) is 0 Å². The molecule has 2 rings (SSSR count). The second kappa shape index (κ2) is 6.51. The smallest absolute Gasteiger partial charge is 0.288 e. The Bertz CT molecular complexity index is 410. The fraction of sp³-hybridized carbons (Fsp3) is 0.750. The second-order valence-electron chi connectivity index (χ2n) is 5.18. The molecule has 0 saturated carbocycles. The van der Waals surface area contributed by atoms with E-state index in [0.29, 0.717) is 6.54 Å². The molecule has 0 spiro atoms. The number of aromatic amines is 1. The van der Waals surface area contributed by atoms with Gasteiger partial charge >= 0.3 is 0 Å². The van der Waals surface area contributed by atoms with E-state index < -0.39 is 0 Å². The van der Waals surface area contributed by atoms with Crippen LogP contribution in [0.15, 0.2) is 0 Å². The number of hydrogen-bond acceptors (Lipinski definition) is 5. The number of H-pyrrole nitrogens is 1. The third-order valence-electron chi connectivity index (χ3n) is 3.53. The number of hydrogen-bond donors (Lipinski definition) is 3. The van der Waals surface area contributed by atoms with E-state index in [0.717, 1.165) is 18.9 Å². The van der Waals surface area contributed by atoms with Gasteiger partial charge in [0.25, 0.3) is 5.91 Å². The fourth-order valence-electron chi connectivity index (χ4n) is 2.25. The molecular formula is C12H22N6O. The summed E-state index contributed by atoms with van der Waals surface area (Å²) in [5.74, 6) is 0.862. The number of carbonyl (C=O) groups excluding carboxylic acids is 1. The van der Waals surface area contributed by atoms with Crippen LogP contribution in [0.3, 0.4) is 0 Å². The molecule has 1 aliphatic heterocycles. The van der Waals surface area contributed by atoms with Crippen molar-refractivity contribution in [1.29, 1.82) is 0 Å². The van der Waals surface area contributed by atoms with Crippen molar-refractivity contribution in [2.75, 3.05) is 31.9 Å². The van der Waals surface area contributed by atoms with Crippen LogP contribution < -0.4 is 11.1 Å². The van der Waals surface area contributed by atoms with Gasteiger partial charge < -0.3 is 16.0 Å². The molecule has 0 aromatic carbocycles. The van der Waals surface area contributed by atoms with Crippen LogP contribution in [-0.4, -0.2) is 52.2 Å². The normalized spacial score (nSPS) is 17.5. The Balaban J connectivity index is 1.60. The average molecular weight is 266 g/mol. The zero-order valence-corrected chi connectivity index (χ0v) is 11.4. The zero-order valence-electron chi connectivity index (χ0n) is 11.4. The molecule has 7 nitrogen and oxygen atoms in total. The van der Waals surface area contributed by atoms with Crippen molar-refractivity contribution in [1.82, 2.24) is 25.4 Å². The van der Waals surface area contributed by atoms with Crippen molar-refractivity contribution in [3.8, 4) is 0 Å². The molecule has 1 fully saturated rings. The molecule has 1 saturated heterocycles. The number of anilines is 1. The van der Waals surface area contributed by atoms with E-state index in [9.17, 15) is 4.79 Å². The van der Waals surface area contributed by atoms with Gasteiger partial charge in [-0.15, -0.1) is 5.10 Å². The molecule has 1 aliphatic rings. The van der Waals surface area contributed by atoms with E-state index in [1.54, 1.807) is 0 Å². The summed E-state index contributed by atoms with van der Waals surface area (Å²) in [6.07, 6.45) is 3.51. The fourth-order valence-corrected chi connectivity index (χ4v) is 2.25. The van der Waals surface area contributed by atoms with E-state index in [2.05, 4.69) is 32.3 Å². The lowest BCUT2D eigenvalue weighted by molar-refractivity contribution is 0.0940. The minimum atomic E-state index is -0.253. The number of nitrogen functional groups attached to an aromatic ring is 1. The highest BCUT2D eigenvalue weighted by molar-refractivity contribution is 5.90. The average Bonchev–Trinajstić information content (AvgIpc) is 2.83. The first-order valence-corrected chi connectivity index (χ1v) is 6.83. The molecule has 0 unspecified atom stereocenters. The van der Waals surface area contributed by atoms with Gasteiger partial charge in [0.2, 0.25) is 11.8 Å². The summed E-state index contributed by atoms with van der Waals surface area (Å²) in [4.78, 5) is 17.9. The summed E-state index contributed by atoms with van der Waals surface area (Å²) >= 11 is 0.